The standard InChI is InChI=1S/C21H23F2NO2.C20H22N2O/c1-5-25-18-11-13(21(2,3)4)9-10-14(18)17-12-26-20(24-17)19-15(22)7-6-8-16(19)23;1-20(2,3)16-10-8-15(9-11-16)12-13-23-19-17-6-4-5-7-18(17)21-14-22-19/h6-11,17H,5,12H2,1-4H3;4-11,14H,12-13H2,1-3H3. The number of halogens is 2. The highest BCUT2D eigenvalue weighted by Crippen LogP contribution is 2.36. The van der Waals surface area contributed by atoms with Crippen molar-refractivity contribution in [3.63, 3.8) is 0 Å². The van der Waals surface area contributed by atoms with Gasteiger partial charge in [-0.1, -0.05) is 96.1 Å². The fourth-order valence-electron chi connectivity index (χ4n) is 5.46. The number of para-hydroxylation sites is 1. The van der Waals surface area contributed by atoms with E-state index in [0.29, 0.717) is 19.1 Å². The van der Waals surface area contributed by atoms with E-state index in [1.54, 1.807) is 6.33 Å². The minimum absolute atomic E-state index is 0.00653. The molecular formula is C41H45F2N3O3. The Morgan fingerprint density at radius 2 is 1.45 bits per heavy atom. The Balaban J connectivity index is 0.000000192. The van der Waals surface area contributed by atoms with Crippen molar-refractivity contribution in [2.24, 2.45) is 4.99 Å². The highest BCUT2D eigenvalue weighted by atomic mass is 19.1. The van der Waals surface area contributed by atoms with E-state index in [2.05, 4.69) is 80.8 Å². The van der Waals surface area contributed by atoms with Crippen LogP contribution < -0.4 is 9.47 Å². The summed E-state index contributed by atoms with van der Waals surface area (Å²) in [6.45, 7) is 16.3. The predicted octanol–water partition coefficient (Wildman–Crippen LogP) is 9.73. The van der Waals surface area contributed by atoms with E-state index in [4.69, 9.17) is 14.2 Å². The molecule has 256 valence electrons. The molecule has 0 saturated carbocycles. The predicted molar refractivity (Wildman–Crippen MR) is 192 cm³/mol. The van der Waals surface area contributed by atoms with Crippen molar-refractivity contribution < 1.29 is 23.0 Å². The van der Waals surface area contributed by atoms with Crippen molar-refractivity contribution in [2.45, 2.75) is 71.8 Å². The first-order valence-corrected chi connectivity index (χ1v) is 16.7. The molecule has 49 heavy (non-hydrogen) atoms. The van der Waals surface area contributed by atoms with Gasteiger partial charge in [0.05, 0.1) is 24.1 Å². The molecular weight excluding hydrogens is 620 g/mol. The van der Waals surface area contributed by atoms with Crippen LogP contribution in [0.25, 0.3) is 10.9 Å². The summed E-state index contributed by atoms with van der Waals surface area (Å²) in [4.78, 5) is 12.9. The van der Waals surface area contributed by atoms with Crippen molar-refractivity contribution in [3.05, 3.63) is 131 Å². The molecule has 0 bridgehead atoms. The number of hydrogen-bond donors (Lipinski definition) is 0. The van der Waals surface area contributed by atoms with Crippen molar-refractivity contribution in [1.82, 2.24) is 9.97 Å². The Bertz CT molecular complexity index is 1890. The number of hydrogen-bond acceptors (Lipinski definition) is 6. The maximum absolute atomic E-state index is 14.0. The number of aliphatic imine (C=N–C) groups is 1. The van der Waals surface area contributed by atoms with Crippen LogP contribution in [0.3, 0.4) is 0 Å². The third-order valence-corrected chi connectivity index (χ3v) is 8.32. The van der Waals surface area contributed by atoms with Gasteiger partial charge in [-0.25, -0.2) is 23.7 Å². The average molecular weight is 666 g/mol. The fraction of sp³-hybridized carbons (Fsp3) is 0.341. The Labute approximate surface area is 288 Å². The van der Waals surface area contributed by atoms with Gasteiger partial charge in [-0.2, -0.15) is 0 Å². The zero-order valence-corrected chi connectivity index (χ0v) is 29.4. The summed E-state index contributed by atoms with van der Waals surface area (Å²) < 4.78 is 45.2. The summed E-state index contributed by atoms with van der Waals surface area (Å²) in [5.74, 6) is 0.0115. The number of ether oxygens (including phenoxy) is 3. The topological polar surface area (TPSA) is 65.8 Å². The van der Waals surface area contributed by atoms with Gasteiger partial charge in [0.25, 0.3) is 0 Å². The summed E-state index contributed by atoms with van der Waals surface area (Å²) in [5, 5.41) is 0.957. The van der Waals surface area contributed by atoms with E-state index in [-0.39, 0.29) is 34.9 Å². The van der Waals surface area contributed by atoms with Gasteiger partial charge < -0.3 is 14.2 Å². The molecule has 6 nitrogen and oxygen atoms in total. The van der Waals surface area contributed by atoms with Crippen molar-refractivity contribution in [2.75, 3.05) is 19.8 Å². The number of rotatable bonds is 8. The van der Waals surface area contributed by atoms with Crippen LogP contribution in [0, 0.1) is 11.6 Å². The van der Waals surface area contributed by atoms with E-state index in [0.717, 1.165) is 34.2 Å². The third-order valence-electron chi connectivity index (χ3n) is 8.32. The molecule has 0 aliphatic carbocycles. The van der Waals surface area contributed by atoms with Gasteiger partial charge in [0.15, 0.2) is 0 Å². The van der Waals surface area contributed by atoms with Crippen LogP contribution >= 0.6 is 0 Å². The lowest BCUT2D eigenvalue weighted by Gasteiger charge is -2.22. The number of nitrogens with zero attached hydrogens (tertiary/aromatic N) is 3. The van der Waals surface area contributed by atoms with E-state index >= 15 is 0 Å². The summed E-state index contributed by atoms with van der Waals surface area (Å²) in [5.41, 5.74) is 5.49. The zero-order chi connectivity index (χ0) is 35.2. The second-order valence-corrected chi connectivity index (χ2v) is 14.0. The minimum Gasteiger partial charge on any atom is -0.494 e. The normalized spacial score (nSPS) is 14.5. The molecule has 6 rings (SSSR count). The highest BCUT2D eigenvalue weighted by molar-refractivity contribution is 5.95. The average Bonchev–Trinajstić information content (AvgIpc) is 3.54. The van der Waals surface area contributed by atoms with E-state index in [9.17, 15) is 8.78 Å². The number of fused-ring (bicyclic) bond motifs is 1. The maximum Gasteiger partial charge on any atom is 0.224 e. The van der Waals surface area contributed by atoms with Crippen molar-refractivity contribution in [1.29, 1.82) is 0 Å². The van der Waals surface area contributed by atoms with Gasteiger partial charge in [-0.3, -0.25) is 0 Å². The van der Waals surface area contributed by atoms with Crippen LogP contribution in [0.4, 0.5) is 8.78 Å². The molecule has 1 aliphatic rings. The fourth-order valence-corrected chi connectivity index (χ4v) is 5.46. The lowest BCUT2D eigenvalue weighted by molar-refractivity contribution is 0.304. The lowest BCUT2D eigenvalue weighted by atomic mass is 9.86. The van der Waals surface area contributed by atoms with E-state index in [1.807, 2.05) is 49.4 Å². The third kappa shape index (κ3) is 8.79. The molecule has 0 N–H and O–H groups in total. The summed E-state index contributed by atoms with van der Waals surface area (Å²) in [7, 11) is 0. The largest absolute Gasteiger partial charge is 0.494 e. The van der Waals surface area contributed by atoms with Gasteiger partial charge in [0.2, 0.25) is 11.8 Å². The van der Waals surface area contributed by atoms with Gasteiger partial charge >= 0.3 is 0 Å². The molecule has 0 saturated heterocycles. The van der Waals surface area contributed by atoms with Gasteiger partial charge in [-0.15, -0.1) is 0 Å². The first kappa shape index (κ1) is 35.5. The van der Waals surface area contributed by atoms with Crippen LogP contribution in [-0.4, -0.2) is 35.7 Å². The van der Waals surface area contributed by atoms with Gasteiger partial charge in [0.1, 0.15) is 41.9 Å². The quantitative estimate of drug-likeness (QED) is 0.165. The van der Waals surface area contributed by atoms with E-state index in [1.165, 1.54) is 29.3 Å². The monoisotopic (exact) mass is 665 g/mol. The maximum atomic E-state index is 14.0. The van der Waals surface area contributed by atoms with Crippen LogP contribution in [-0.2, 0) is 22.0 Å². The summed E-state index contributed by atoms with van der Waals surface area (Å²) in [6, 6.07) is 26.0. The van der Waals surface area contributed by atoms with E-state index < -0.39 is 11.6 Å². The van der Waals surface area contributed by atoms with Gasteiger partial charge in [-0.05, 0) is 64.8 Å². The number of benzene rings is 4. The molecule has 0 fully saturated rings. The van der Waals surface area contributed by atoms with Crippen molar-refractivity contribution in [3.8, 4) is 11.6 Å². The molecule has 2 heterocycles. The second kappa shape index (κ2) is 15.1. The second-order valence-electron chi connectivity index (χ2n) is 14.0. The Hall–Kier alpha value is -4.85. The molecule has 1 unspecified atom stereocenters. The lowest BCUT2D eigenvalue weighted by Crippen LogP contribution is -2.12. The highest BCUT2D eigenvalue weighted by Gasteiger charge is 2.29. The molecule has 0 spiro atoms. The first-order chi connectivity index (χ1) is 23.3. The van der Waals surface area contributed by atoms with Crippen LogP contribution in [0.5, 0.6) is 11.6 Å². The molecule has 0 radical (unpaired) electrons. The molecule has 1 aliphatic heterocycles. The molecule has 8 heteroatoms. The molecule has 1 aromatic heterocycles. The molecule has 1 atom stereocenters. The SMILES string of the molecule is CC(C)(C)c1ccc(CCOc2ncnc3ccccc23)cc1.CCOc1cc(C(C)(C)C)ccc1C1COC(c2c(F)cccc2F)=N1. The van der Waals surface area contributed by atoms with Crippen LogP contribution in [0.15, 0.2) is 96.2 Å². The Morgan fingerprint density at radius 3 is 2.12 bits per heavy atom. The molecule has 0 amide bonds. The van der Waals surface area contributed by atoms with Crippen molar-refractivity contribution >= 4 is 16.8 Å². The van der Waals surface area contributed by atoms with Crippen LogP contribution in [0.1, 0.15) is 82.3 Å². The number of aromatic nitrogens is 2. The smallest absolute Gasteiger partial charge is 0.224 e. The minimum atomic E-state index is -0.683. The Kier molecular flexibility index (Phi) is 11.0. The Morgan fingerprint density at radius 1 is 0.776 bits per heavy atom. The van der Waals surface area contributed by atoms with Crippen LogP contribution in [0.2, 0.25) is 0 Å². The summed E-state index contributed by atoms with van der Waals surface area (Å²) >= 11 is 0. The summed E-state index contributed by atoms with van der Waals surface area (Å²) in [6.07, 6.45) is 2.42. The van der Waals surface area contributed by atoms with Gasteiger partial charge in [0, 0.05) is 12.0 Å². The zero-order valence-electron chi connectivity index (χ0n) is 29.4. The molecule has 5 aromatic rings. The first-order valence-electron chi connectivity index (χ1n) is 16.7. The molecule has 4 aromatic carbocycles.